The largest absolute Gasteiger partial charge is 0.0620 e. The van der Waals surface area contributed by atoms with E-state index in [1.54, 1.807) is 0 Å². The van der Waals surface area contributed by atoms with Crippen LogP contribution in [0.1, 0.15) is 16.7 Å². The molecule has 0 fully saturated rings. The Morgan fingerprint density at radius 2 is 0.739 bits per heavy atom. The molecule has 0 amide bonds. The molecule has 0 aliphatic rings. The van der Waals surface area contributed by atoms with Crippen molar-refractivity contribution in [1.82, 2.24) is 0 Å². The fourth-order valence-corrected chi connectivity index (χ4v) is 5.60. The molecule has 2 heteroatoms. The van der Waals surface area contributed by atoms with Crippen LogP contribution in [0.4, 0.5) is 0 Å². The van der Waals surface area contributed by atoms with Crippen LogP contribution >= 0.6 is 7.92 Å². The molecule has 0 unspecified atom stereocenters. The second kappa shape index (κ2) is 8.00. The number of rotatable bonds is 3. The first kappa shape index (κ1) is 18.1. The van der Waals surface area contributed by atoms with Crippen LogP contribution in [0.2, 0.25) is 0 Å². The van der Waals surface area contributed by atoms with E-state index in [1.807, 2.05) is 0 Å². The zero-order chi connectivity index (χ0) is 15.5. The first-order valence-corrected chi connectivity index (χ1v) is 8.99. The van der Waals surface area contributed by atoms with Crippen LogP contribution in [0.25, 0.3) is 0 Å². The first-order valence-electron chi connectivity index (χ1n) is 7.65. The number of benzene rings is 3. The third-order valence-electron chi connectivity index (χ3n) is 4.07. The predicted octanol–water partition coefficient (Wildman–Crippen LogP) is 4.37. The van der Waals surface area contributed by atoms with Crippen molar-refractivity contribution in [2.24, 2.45) is 0 Å². The van der Waals surface area contributed by atoms with E-state index in [2.05, 4.69) is 93.6 Å². The summed E-state index contributed by atoms with van der Waals surface area (Å²) in [5.41, 5.74) is 4.13. The smallest absolute Gasteiger partial charge is 0 e. The molecule has 0 saturated heterocycles. The summed E-state index contributed by atoms with van der Waals surface area (Å²) in [7, 11) is -0.508. The van der Waals surface area contributed by atoms with Crippen molar-refractivity contribution in [3.63, 3.8) is 0 Å². The normalized spacial score (nSPS) is 10.4. The van der Waals surface area contributed by atoms with Crippen LogP contribution in [0.3, 0.4) is 0 Å². The second-order valence-corrected chi connectivity index (χ2v) is 7.81. The maximum Gasteiger partial charge on any atom is 0 e. The third kappa shape index (κ3) is 3.80. The molecule has 0 heterocycles. The Bertz CT molecular complexity index is 687. The molecule has 0 spiro atoms. The first-order chi connectivity index (χ1) is 10.7. The standard InChI is InChI=1S/C21H21P.Ru/c1-16-10-4-7-13-19(16)22(20-14-8-5-11-17(20)2)21-15-9-6-12-18(21)3;/h4-15H,1-3H3;. The Hall–Kier alpha value is -1.29. The van der Waals surface area contributed by atoms with Crippen LogP contribution in [0.5, 0.6) is 0 Å². The van der Waals surface area contributed by atoms with Gasteiger partial charge in [-0.15, -0.1) is 0 Å². The molecular weight excluding hydrogens is 384 g/mol. The van der Waals surface area contributed by atoms with E-state index in [4.69, 9.17) is 0 Å². The maximum absolute atomic E-state index is 2.29. The van der Waals surface area contributed by atoms with E-state index in [9.17, 15) is 0 Å². The molecule has 0 N–H and O–H groups in total. The van der Waals surface area contributed by atoms with Gasteiger partial charge in [0.05, 0.1) is 0 Å². The van der Waals surface area contributed by atoms with Crippen LogP contribution in [0.15, 0.2) is 72.8 Å². The molecule has 0 saturated carbocycles. The summed E-state index contributed by atoms with van der Waals surface area (Å²) in [5, 5.41) is 4.38. The molecule has 118 valence electrons. The minimum absolute atomic E-state index is 0. The summed E-state index contributed by atoms with van der Waals surface area (Å²) >= 11 is 0. The maximum atomic E-state index is 2.29. The number of aryl methyl sites for hydroxylation is 3. The minimum atomic E-state index is -0.508. The van der Waals surface area contributed by atoms with Gasteiger partial charge in [-0.1, -0.05) is 72.8 Å². The molecule has 3 aromatic carbocycles. The van der Waals surface area contributed by atoms with Gasteiger partial charge in [-0.25, -0.2) is 0 Å². The van der Waals surface area contributed by atoms with Gasteiger partial charge in [0.15, 0.2) is 0 Å². The van der Waals surface area contributed by atoms with Crippen molar-refractivity contribution in [2.75, 3.05) is 0 Å². The van der Waals surface area contributed by atoms with Gasteiger partial charge >= 0.3 is 0 Å². The van der Waals surface area contributed by atoms with Crippen molar-refractivity contribution < 1.29 is 19.5 Å². The Labute approximate surface area is 153 Å². The molecule has 0 aliphatic heterocycles. The van der Waals surface area contributed by atoms with E-state index in [0.29, 0.717) is 0 Å². The van der Waals surface area contributed by atoms with Crippen molar-refractivity contribution in [1.29, 1.82) is 0 Å². The Balaban J connectivity index is 0.00000192. The minimum Gasteiger partial charge on any atom is -0.0620 e. The summed E-state index contributed by atoms with van der Waals surface area (Å²) in [6, 6.07) is 26.4. The average molecular weight is 405 g/mol. The molecule has 3 aromatic rings. The van der Waals surface area contributed by atoms with E-state index in [0.717, 1.165) is 0 Å². The molecule has 0 radical (unpaired) electrons. The van der Waals surface area contributed by atoms with Gasteiger partial charge in [0.25, 0.3) is 0 Å². The molecule has 0 nitrogen and oxygen atoms in total. The van der Waals surface area contributed by atoms with Crippen LogP contribution in [-0.4, -0.2) is 0 Å². The molecule has 23 heavy (non-hydrogen) atoms. The van der Waals surface area contributed by atoms with E-state index < -0.39 is 7.92 Å². The molecule has 3 rings (SSSR count). The molecule has 0 aromatic heterocycles. The van der Waals surface area contributed by atoms with E-state index in [1.165, 1.54) is 32.6 Å². The van der Waals surface area contributed by atoms with Gasteiger partial charge < -0.3 is 0 Å². The summed E-state index contributed by atoms with van der Waals surface area (Å²) in [5.74, 6) is 0. The Kier molecular flexibility index (Phi) is 6.28. The van der Waals surface area contributed by atoms with Gasteiger partial charge in [-0.3, -0.25) is 0 Å². The van der Waals surface area contributed by atoms with Crippen molar-refractivity contribution in [3.05, 3.63) is 89.5 Å². The van der Waals surface area contributed by atoms with Crippen molar-refractivity contribution in [2.45, 2.75) is 20.8 Å². The van der Waals surface area contributed by atoms with E-state index >= 15 is 0 Å². The summed E-state index contributed by atoms with van der Waals surface area (Å²) in [6.45, 7) is 6.67. The third-order valence-corrected chi connectivity index (χ3v) is 7.02. The second-order valence-electron chi connectivity index (χ2n) is 5.69. The zero-order valence-corrected chi connectivity index (χ0v) is 16.4. The van der Waals surface area contributed by atoms with Crippen molar-refractivity contribution >= 4 is 23.8 Å². The summed E-state index contributed by atoms with van der Waals surface area (Å²) in [4.78, 5) is 0. The monoisotopic (exact) mass is 406 g/mol. The SMILES string of the molecule is Cc1ccccc1P(c1ccccc1C)c1ccccc1C.[Ru]. The van der Waals surface area contributed by atoms with Gasteiger partial charge in [-0.05, 0) is 61.3 Å². The van der Waals surface area contributed by atoms with Crippen LogP contribution in [0, 0.1) is 20.8 Å². The fourth-order valence-electron chi connectivity index (χ4n) is 2.83. The zero-order valence-electron chi connectivity index (χ0n) is 13.7. The van der Waals surface area contributed by atoms with Gasteiger partial charge in [-0.2, -0.15) is 0 Å². The molecule has 0 aliphatic carbocycles. The molecule has 0 atom stereocenters. The van der Waals surface area contributed by atoms with Gasteiger partial charge in [0, 0.05) is 19.5 Å². The molecular formula is C21H21PRu. The summed E-state index contributed by atoms with van der Waals surface area (Å²) in [6.07, 6.45) is 0. The van der Waals surface area contributed by atoms with Crippen LogP contribution < -0.4 is 15.9 Å². The molecule has 0 bridgehead atoms. The van der Waals surface area contributed by atoms with Gasteiger partial charge in [0.1, 0.15) is 0 Å². The van der Waals surface area contributed by atoms with Crippen molar-refractivity contribution in [3.8, 4) is 0 Å². The van der Waals surface area contributed by atoms with E-state index in [-0.39, 0.29) is 19.5 Å². The fraction of sp³-hybridized carbons (Fsp3) is 0.143. The van der Waals surface area contributed by atoms with Gasteiger partial charge in [0.2, 0.25) is 0 Å². The number of hydrogen-bond acceptors (Lipinski definition) is 0. The Morgan fingerprint density at radius 1 is 0.478 bits per heavy atom. The summed E-state index contributed by atoms with van der Waals surface area (Å²) < 4.78 is 0. The quantitative estimate of drug-likeness (QED) is 0.449. The predicted molar refractivity (Wildman–Crippen MR) is 99.4 cm³/mol. The average Bonchev–Trinajstić information content (AvgIpc) is 2.53. The Morgan fingerprint density at radius 3 is 1.00 bits per heavy atom. The topological polar surface area (TPSA) is 0 Å². The van der Waals surface area contributed by atoms with Crippen LogP contribution in [-0.2, 0) is 19.5 Å². The number of hydrogen-bond donors (Lipinski definition) is 0.